The zero-order valence-corrected chi connectivity index (χ0v) is 34.0. The van der Waals surface area contributed by atoms with E-state index in [1.165, 1.54) is 38.1 Å². The van der Waals surface area contributed by atoms with Crippen LogP contribution >= 0.6 is 23.2 Å². The van der Waals surface area contributed by atoms with Gasteiger partial charge in [-0.1, -0.05) is 37.0 Å². The summed E-state index contributed by atoms with van der Waals surface area (Å²) in [7, 11) is -7.21. The zero-order chi connectivity index (χ0) is 40.1. The average Bonchev–Trinajstić information content (AvgIpc) is 3.99. The molecule has 2 aromatic carbocycles. The maximum absolute atomic E-state index is 13.2. The van der Waals surface area contributed by atoms with Crippen LogP contribution in [0.2, 0.25) is 10.0 Å². The van der Waals surface area contributed by atoms with Crippen LogP contribution in [0.15, 0.2) is 34.1 Å². The Balaban J connectivity index is 0.000000295. The highest BCUT2D eigenvalue weighted by molar-refractivity contribution is 7.91. The molecule has 0 saturated heterocycles. The molecule has 292 valence electrons. The highest BCUT2D eigenvalue weighted by Crippen LogP contribution is 2.40. The van der Waals surface area contributed by atoms with Crippen LogP contribution in [0.1, 0.15) is 101 Å². The van der Waals surface area contributed by atoms with E-state index in [1.807, 2.05) is 0 Å². The molecule has 0 N–H and O–H groups in total. The first-order valence-corrected chi connectivity index (χ1v) is 21.4. The third kappa shape index (κ3) is 11.1. The molecule has 0 aromatic heterocycles. The quantitative estimate of drug-likeness (QED) is 0.0934. The van der Waals surface area contributed by atoms with Crippen LogP contribution in [0.5, 0.6) is 11.5 Å². The van der Waals surface area contributed by atoms with Crippen LogP contribution < -0.4 is 9.47 Å². The fourth-order valence-corrected chi connectivity index (χ4v) is 7.93. The average molecular weight is 818 g/mol. The number of ketones is 4. The van der Waals surface area contributed by atoms with Gasteiger partial charge in [-0.3, -0.25) is 24.0 Å². The second-order valence-electron chi connectivity index (χ2n) is 13.5. The minimum Gasteiger partial charge on any atom is -0.491 e. The van der Waals surface area contributed by atoms with Crippen molar-refractivity contribution in [2.45, 2.75) is 96.0 Å². The second kappa shape index (κ2) is 17.9. The van der Waals surface area contributed by atoms with Crippen molar-refractivity contribution in [1.29, 1.82) is 0 Å². The summed E-state index contributed by atoms with van der Waals surface area (Å²) in [4.78, 5) is 62.6. The van der Waals surface area contributed by atoms with Crippen molar-refractivity contribution in [2.75, 3.05) is 24.7 Å². The molecule has 1 atom stereocenters. The van der Waals surface area contributed by atoms with Gasteiger partial charge in [-0.15, -0.1) is 0 Å². The van der Waals surface area contributed by atoms with Gasteiger partial charge in [-0.25, -0.2) is 16.8 Å². The van der Waals surface area contributed by atoms with Crippen LogP contribution in [0, 0.1) is 17.8 Å². The van der Waals surface area contributed by atoms with E-state index in [0.717, 1.165) is 12.8 Å². The Hall–Kier alpha value is -3.33. The monoisotopic (exact) mass is 816 g/mol. The lowest BCUT2D eigenvalue weighted by atomic mass is 9.91. The number of esters is 1. The van der Waals surface area contributed by atoms with Crippen LogP contribution in [0.3, 0.4) is 0 Å². The number of sulfone groups is 2. The van der Waals surface area contributed by atoms with Gasteiger partial charge >= 0.3 is 5.97 Å². The molecule has 2 aliphatic carbocycles. The zero-order valence-electron chi connectivity index (χ0n) is 30.9. The van der Waals surface area contributed by atoms with Gasteiger partial charge in [0.2, 0.25) is 0 Å². The molecule has 0 bridgehead atoms. The molecule has 12 nitrogen and oxygen atoms in total. The largest absolute Gasteiger partial charge is 0.491 e. The highest BCUT2D eigenvalue weighted by atomic mass is 35.5. The van der Waals surface area contributed by atoms with E-state index in [9.17, 15) is 40.8 Å². The van der Waals surface area contributed by atoms with E-state index in [1.54, 1.807) is 34.6 Å². The fraction of sp³-hybridized carbons (Fsp3) is 0.541. The number of halogens is 2. The van der Waals surface area contributed by atoms with Crippen LogP contribution in [0.4, 0.5) is 0 Å². The first-order chi connectivity index (χ1) is 24.6. The SMILES string of the molecule is CCOc1c(S(=O)(=O)CC)ccc(C(=O)C(C(=O)OC(C)(C)C)C(=O)C2CC2)c1Cl.CCOc1c(S(=O)(=O)CC)ccc(C(=O)CC(=O)C2CC2)c1Cl. The predicted octanol–water partition coefficient (Wildman–Crippen LogP) is 6.74. The summed E-state index contributed by atoms with van der Waals surface area (Å²) in [5.74, 6) is -5.26. The van der Waals surface area contributed by atoms with Gasteiger partial charge in [0.05, 0.1) is 41.2 Å². The molecular formula is C37H46Cl2O12S2. The van der Waals surface area contributed by atoms with Gasteiger partial charge in [0.1, 0.15) is 21.2 Å². The summed E-state index contributed by atoms with van der Waals surface area (Å²) in [6.07, 6.45) is 2.67. The topological polar surface area (TPSA) is 181 Å². The van der Waals surface area contributed by atoms with Crippen LogP contribution in [-0.2, 0) is 38.8 Å². The Morgan fingerprint density at radius 2 is 1.15 bits per heavy atom. The number of carbonyl (C=O) groups excluding carboxylic acids is 5. The smallest absolute Gasteiger partial charge is 0.325 e. The molecule has 2 aromatic rings. The van der Waals surface area contributed by atoms with Gasteiger partial charge in [-0.05, 0) is 84.6 Å². The van der Waals surface area contributed by atoms with Crippen molar-refractivity contribution in [2.24, 2.45) is 17.8 Å². The van der Waals surface area contributed by atoms with Crippen LogP contribution in [-0.4, -0.2) is 76.3 Å². The Morgan fingerprint density at radius 3 is 1.55 bits per heavy atom. The van der Waals surface area contributed by atoms with Gasteiger partial charge in [0, 0.05) is 23.0 Å². The summed E-state index contributed by atoms with van der Waals surface area (Å²) in [5, 5.41) is -0.288. The lowest BCUT2D eigenvalue weighted by molar-refractivity contribution is -0.160. The van der Waals surface area contributed by atoms with E-state index < -0.39 is 54.5 Å². The van der Waals surface area contributed by atoms with E-state index in [2.05, 4.69) is 0 Å². The molecular weight excluding hydrogens is 771 g/mol. The minimum absolute atomic E-state index is 0.0103. The molecule has 53 heavy (non-hydrogen) atoms. The molecule has 0 radical (unpaired) electrons. The fourth-order valence-electron chi connectivity index (χ4n) is 5.12. The first-order valence-electron chi connectivity index (χ1n) is 17.4. The van der Waals surface area contributed by atoms with Gasteiger partial charge in [-0.2, -0.15) is 0 Å². The minimum atomic E-state index is -3.68. The summed E-state index contributed by atoms with van der Waals surface area (Å²) in [5.41, 5.74) is -0.919. The molecule has 0 spiro atoms. The predicted molar refractivity (Wildman–Crippen MR) is 199 cm³/mol. The number of ether oxygens (including phenoxy) is 3. The molecule has 0 heterocycles. The van der Waals surface area contributed by atoms with Gasteiger partial charge in [0.25, 0.3) is 0 Å². The summed E-state index contributed by atoms with van der Waals surface area (Å²) in [6, 6.07) is 5.12. The van der Waals surface area contributed by atoms with Gasteiger partial charge in [0.15, 0.2) is 54.4 Å². The Labute approximate surface area is 321 Å². The molecule has 2 aliphatic rings. The maximum atomic E-state index is 13.2. The number of benzene rings is 2. The highest BCUT2D eigenvalue weighted by Gasteiger charge is 2.45. The normalized spacial score (nSPS) is 15.0. The lowest BCUT2D eigenvalue weighted by Crippen LogP contribution is -2.38. The van der Waals surface area contributed by atoms with E-state index >= 15 is 0 Å². The number of Topliss-reactive ketones (excluding diaryl/α,β-unsaturated/α-hetero) is 4. The molecule has 4 rings (SSSR count). The number of hydrogen-bond acceptors (Lipinski definition) is 12. The van der Waals surface area contributed by atoms with E-state index in [-0.39, 0.29) is 91.2 Å². The van der Waals surface area contributed by atoms with Crippen molar-refractivity contribution >= 4 is 72.0 Å². The molecule has 0 amide bonds. The second-order valence-corrected chi connectivity index (χ2v) is 18.8. The third-order valence-corrected chi connectivity index (χ3v) is 12.5. The lowest BCUT2D eigenvalue weighted by Gasteiger charge is -2.23. The molecule has 1 unspecified atom stereocenters. The Bertz CT molecular complexity index is 1970. The maximum Gasteiger partial charge on any atom is 0.325 e. The van der Waals surface area contributed by atoms with Crippen molar-refractivity contribution in [1.82, 2.24) is 0 Å². The molecule has 0 aliphatic heterocycles. The van der Waals surface area contributed by atoms with Gasteiger partial charge < -0.3 is 14.2 Å². The molecule has 2 fully saturated rings. The Morgan fingerprint density at radius 1 is 0.717 bits per heavy atom. The first kappa shape index (κ1) is 44.1. The van der Waals surface area contributed by atoms with E-state index in [0.29, 0.717) is 12.8 Å². The number of rotatable bonds is 17. The van der Waals surface area contributed by atoms with Crippen LogP contribution in [0.25, 0.3) is 0 Å². The van der Waals surface area contributed by atoms with Crippen molar-refractivity contribution in [3.63, 3.8) is 0 Å². The third-order valence-electron chi connectivity index (χ3n) is 8.23. The standard InChI is InChI=1S/C21H27ClO7S.C16H19ClO5S/c1-6-28-19-14(30(26,27)7-2)11-10-13(16(19)22)18(24)15(17(23)12-8-9-12)20(25)29-21(3,4)5;1-3-22-16-14(23(20,21)4-2)8-7-11(15(16)17)13(19)9-12(18)10-5-6-10/h10-12,15H,6-9H2,1-5H3;7-8,10H,3-6,9H2,1-2H3. The van der Waals surface area contributed by atoms with Crippen molar-refractivity contribution < 1.29 is 55.0 Å². The van der Waals surface area contributed by atoms with E-state index in [4.69, 9.17) is 37.4 Å². The molecule has 2 saturated carbocycles. The van der Waals surface area contributed by atoms with Crippen molar-refractivity contribution in [3.8, 4) is 11.5 Å². The number of carbonyl (C=O) groups is 5. The molecule has 16 heteroatoms. The summed E-state index contributed by atoms with van der Waals surface area (Å²) < 4.78 is 65.1. The summed E-state index contributed by atoms with van der Waals surface area (Å²) in [6.45, 7) is 11.6. The Kier molecular flexibility index (Phi) is 14.9. The summed E-state index contributed by atoms with van der Waals surface area (Å²) >= 11 is 12.6. The van der Waals surface area contributed by atoms with Crippen molar-refractivity contribution in [3.05, 3.63) is 45.4 Å². The number of hydrogen-bond donors (Lipinski definition) is 0.